The quantitative estimate of drug-likeness (QED) is 0.916. The molecule has 2 atom stereocenters. The molecule has 1 saturated heterocycles. The fourth-order valence-corrected chi connectivity index (χ4v) is 3.09. The SMILES string of the molecule is O[C@@H](CN1CCC[C@@H](Cn2cncn2)C1)c1ccc(F)cc1. The summed E-state index contributed by atoms with van der Waals surface area (Å²) in [5, 5.41) is 14.5. The third-order valence-corrected chi connectivity index (χ3v) is 4.20. The molecule has 0 unspecified atom stereocenters. The van der Waals surface area contributed by atoms with Crippen molar-refractivity contribution < 1.29 is 9.50 Å². The standard InChI is InChI=1S/C16H21FN4O/c17-15-5-3-14(4-6-15)16(22)10-20-7-1-2-13(8-20)9-21-12-18-11-19-21/h3-6,11-13,16,22H,1-2,7-10H2/t13-,16+/m1/s1. The van der Waals surface area contributed by atoms with Gasteiger partial charge in [-0.25, -0.2) is 9.37 Å². The summed E-state index contributed by atoms with van der Waals surface area (Å²) in [6.07, 6.45) is 5.01. The van der Waals surface area contributed by atoms with Crippen LogP contribution in [-0.4, -0.2) is 44.4 Å². The lowest BCUT2D eigenvalue weighted by Crippen LogP contribution is -2.39. The Balaban J connectivity index is 1.54. The van der Waals surface area contributed by atoms with Crippen molar-refractivity contribution in [2.75, 3.05) is 19.6 Å². The van der Waals surface area contributed by atoms with E-state index in [4.69, 9.17) is 0 Å². The minimum Gasteiger partial charge on any atom is -0.387 e. The summed E-state index contributed by atoms with van der Waals surface area (Å²) >= 11 is 0. The molecule has 0 amide bonds. The molecule has 2 aromatic rings. The number of piperidine rings is 1. The zero-order valence-electron chi connectivity index (χ0n) is 12.5. The Morgan fingerprint density at radius 1 is 1.32 bits per heavy atom. The van der Waals surface area contributed by atoms with Crippen LogP contribution >= 0.6 is 0 Å². The summed E-state index contributed by atoms with van der Waals surface area (Å²) in [5.74, 6) is 0.248. The minimum absolute atomic E-state index is 0.276. The molecule has 1 aliphatic heterocycles. The van der Waals surface area contributed by atoms with Crippen molar-refractivity contribution in [3.05, 3.63) is 48.3 Å². The van der Waals surface area contributed by atoms with Crippen LogP contribution in [0.1, 0.15) is 24.5 Å². The first-order valence-electron chi connectivity index (χ1n) is 7.69. The number of nitrogens with zero attached hydrogens (tertiary/aromatic N) is 4. The summed E-state index contributed by atoms with van der Waals surface area (Å²) in [4.78, 5) is 6.25. The minimum atomic E-state index is -0.578. The monoisotopic (exact) mass is 304 g/mol. The van der Waals surface area contributed by atoms with Crippen LogP contribution < -0.4 is 0 Å². The molecule has 0 aliphatic carbocycles. The van der Waals surface area contributed by atoms with E-state index in [1.165, 1.54) is 18.6 Å². The van der Waals surface area contributed by atoms with Gasteiger partial charge in [-0.3, -0.25) is 4.68 Å². The highest BCUT2D eigenvalue weighted by Gasteiger charge is 2.22. The van der Waals surface area contributed by atoms with Crippen LogP contribution in [0.15, 0.2) is 36.9 Å². The second-order valence-corrected chi connectivity index (χ2v) is 5.95. The first kappa shape index (κ1) is 15.1. The fourth-order valence-electron chi connectivity index (χ4n) is 3.09. The third-order valence-electron chi connectivity index (χ3n) is 4.20. The zero-order valence-corrected chi connectivity index (χ0v) is 12.5. The summed E-state index contributed by atoms with van der Waals surface area (Å²) in [6, 6.07) is 6.08. The molecule has 3 rings (SSSR count). The molecule has 1 aromatic carbocycles. The molecule has 5 nitrogen and oxygen atoms in total. The highest BCUT2D eigenvalue weighted by molar-refractivity contribution is 5.18. The van der Waals surface area contributed by atoms with Crippen LogP contribution in [0.5, 0.6) is 0 Å². The second-order valence-electron chi connectivity index (χ2n) is 5.95. The van der Waals surface area contributed by atoms with Gasteiger partial charge in [0.1, 0.15) is 18.5 Å². The van der Waals surface area contributed by atoms with E-state index in [1.54, 1.807) is 24.8 Å². The van der Waals surface area contributed by atoms with Crippen molar-refractivity contribution in [3.63, 3.8) is 0 Å². The zero-order chi connectivity index (χ0) is 15.4. The third kappa shape index (κ3) is 3.90. The highest BCUT2D eigenvalue weighted by Crippen LogP contribution is 2.21. The molecule has 0 bridgehead atoms. The normalized spacial score (nSPS) is 20.9. The first-order chi connectivity index (χ1) is 10.7. The second kappa shape index (κ2) is 6.98. The Labute approximate surface area is 129 Å². The Bertz CT molecular complexity index is 572. The van der Waals surface area contributed by atoms with Gasteiger partial charge in [0.05, 0.1) is 6.10 Å². The van der Waals surface area contributed by atoms with Gasteiger partial charge in [-0.1, -0.05) is 12.1 Å². The number of aromatic nitrogens is 3. The van der Waals surface area contributed by atoms with Gasteiger partial charge in [0.15, 0.2) is 0 Å². The maximum atomic E-state index is 12.9. The summed E-state index contributed by atoms with van der Waals surface area (Å²) in [6.45, 7) is 3.38. The lowest BCUT2D eigenvalue weighted by molar-refractivity contribution is 0.0799. The van der Waals surface area contributed by atoms with E-state index in [0.717, 1.165) is 31.6 Å². The molecule has 118 valence electrons. The maximum absolute atomic E-state index is 12.9. The van der Waals surface area contributed by atoms with E-state index >= 15 is 0 Å². The van der Waals surface area contributed by atoms with Crippen LogP contribution in [0.25, 0.3) is 0 Å². The van der Waals surface area contributed by atoms with Crippen molar-refractivity contribution in [1.29, 1.82) is 0 Å². The topological polar surface area (TPSA) is 54.2 Å². The van der Waals surface area contributed by atoms with E-state index in [-0.39, 0.29) is 5.82 Å². The molecule has 0 spiro atoms. The van der Waals surface area contributed by atoms with Crippen molar-refractivity contribution >= 4 is 0 Å². The summed E-state index contributed by atoms with van der Waals surface area (Å²) in [7, 11) is 0. The van der Waals surface area contributed by atoms with E-state index in [0.29, 0.717) is 12.5 Å². The van der Waals surface area contributed by atoms with Crippen LogP contribution in [0, 0.1) is 11.7 Å². The lowest BCUT2D eigenvalue weighted by Gasteiger charge is -2.33. The molecule has 1 fully saturated rings. The molecular weight excluding hydrogens is 283 g/mol. The Morgan fingerprint density at radius 2 is 2.14 bits per heavy atom. The number of rotatable bonds is 5. The molecule has 1 aliphatic rings. The first-order valence-corrected chi connectivity index (χ1v) is 7.69. The van der Waals surface area contributed by atoms with Crippen molar-refractivity contribution in [1.82, 2.24) is 19.7 Å². The molecule has 6 heteroatoms. The Kier molecular flexibility index (Phi) is 4.80. The number of halogens is 1. The fraction of sp³-hybridized carbons (Fsp3) is 0.500. The van der Waals surface area contributed by atoms with E-state index in [9.17, 15) is 9.50 Å². The van der Waals surface area contributed by atoms with E-state index < -0.39 is 6.10 Å². The number of likely N-dealkylation sites (tertiary alicyclic amines) is 1. The predicted octanol–water partition coefficient (Wildman–Crippen LogP) is 1.86. The van der Waals surface area contributed by atoms with Crippen LogP contribution in [-0.2, 0) is 6.54 Å². The van der Waals surface area contributed by atoms with Gasteiger partial charge in [-0.2, -0.15) is 5.10 Å². The largest absolute Gasteiger partial charge is 0.387 e. The van der Waals surface area contributed by atoms with Gasteiger partial charge in [0.25, 0.3) is 0 Å². The van der Waals surface area contributed by atoms with Crippen molar-refractivity contribution in [3.8, 4) is 0 Å². The number of benzene rings is 1. The Hall–Kier alpha value is -1.79. The average molecular weight is 304 g/mol. The van der Waals surface area contributed by atoms with Crippen molar-refractivity contribution in [2.24, 2.45) is 5.92 Å². The molecular formula is C16H21FN4O. The number of aliphatic hydroxyl groups excluding tert-OH is 1. The smallest absolute Gasteiger partial charge is 0.137 e. The van der Waals surface area contributed by atoms with Crippen LogP contribution in [0.4, 0.5) is 4.39 Å². The van der Waals surface area contributed by atoms with Gasteiger partial charge in [-0.05, 0) is 43.0 Å². The molecule has 0 saturated carbocycles. The van der Waals surface area contributed by atoms with Gasteiger partial charge < -0.3 is 10.0 Å². The highest BCUT2D eigenvalue weighted by atomic mass is 19.1. The lowest BCUT2D eigenvalue weighted by atomic mass is 9.97. The average Bonchev–Trinajstić information content (AvgIpc) is 3.01. The van der Waals surface area contributed by atoms with Gasteiger partial charge in [0.2, 0.25) is 0 Å². The molecule has 1 aromatic heterocycles. The van der Waals surface area contributed by atoms with Gasteiger partial charge in [0, 0.05) is 19.6 Å². The van der Waals surface area contributed by atoms with E-state index in [1.807, 2.05) is 4.68 Å². The van der Waals surface area contributed by atoms with Crippen LogP contribution in [0.3, 0.4) is 0 Å². The summed E-state index contributed by atoms with van der Waals surface area (Å²) < 4.78 is 14.8. The van der Waals surface area contributed by atoms with Gasteiger partial charge in [-0.15, -0.1) is 0 Å². The molecule has 22 heavy (non-hydrogen) atoms. The molecule has 0 radical (unpaired) electrons. The van der Waals surface area contributed by atoms with Gasteiger partial charge >= 0.3 is 0 Å². The van der Waals surface area contributed by atoms with Crippen molar-refractivity contribution in [2.45, 2.75) is 25.5 Å². The molecule has 1 N–H and O–H groups in total. The molecule has 2 heterocycles. The maximum Gasteiger partial charge on any atom is 0.137 e. The summed E-state index contributed by atoms with van der Waals surface area (Å²) in [5.41, 5.74) is 0.764. The number of β-amino-alcohol motifs (C(OH)–C–C–N with tert-alkyl or cyclic N) is 1. The Morgan fingerprint density at radius 3 is 2.86 bits per heavy atom. The number of hydrogen-bond donors (Lipinski definition) is 1. The number of aliphatic hydroxyl groups is 1. The van der Waals surface area contributed by atoms with E-state index in [2.05, 4.69) is 15.0 Å². The number of hydrogen-bond acceptors (Lipinski definition) is 4. The predicted molar refractivity (Wildman–Crippen MR) is 80.5 cm³/mol. The van der Waals surface area contributed by atoms with Crippen LogP contribution in [0.2, 0.25) is 0 Å².